The number of para-hydroxylation sites is 1. The maximum Gasteiger partial charge on any atom is 0.337 e. The van der Waals surface area contributed by atoms with E-state index in [4.69, 9.17) is 27.7 Å². The number of aliphatic imine (C=N–C) groups is 1. The highest BCUT2D eigenvalue weighted by molar-refractivity contribution is 7.71. The van der Waals surface area contributed by atoms with E-state index in [0.717, 1.165) is 33.9 Å². The second-order valence-electron chi connectivity index (χ2n) is 6.66. The second kappa shape index (κ2) is 9.37. The van der Waals surface area contributed by atoms with E-state index in [0.29, 0.717) is 16.8 Å². The average molecular weight is 421 g/mol. The van der Waals surface area contributed by atoms with Crippen LogP contribution in [0.4, 0.5) is 5.69 Å². The Labute approximate surface area is 180 Å². The third-order valence-electron chi connectivity index (χ3n) is 4.73. The molecule has 2 aromatic carbocycles. The van der Waals surface area contributed by atoms with E-state index >= 15 is 0 Å². The highest BCUT2D eigenvalue weighted by Gasteiger charge is 2.15. The van der Waals surface area contributed by atoms with Crippen molar-refractivity contribution in [3.63, 3.8) is 0 Å². The number of allylic oxidation sites excluding steroid dienone is 1. The van der Waals surface area contributed by atoms with E-state index in [2.05, 4.69) is 4.98 Å². The summed E-state index contributed by atoms with van der Waals surface area (Å²) in [5, 5.41) is 0. The zero-order chi connectivity index (χ0) is 21.7. The lowest BCUT2D eigenvalue weighted by Gasteiger charge is -2.09. The normalized spacial score (nSPS) is 12.1. The number of hydrogen-bond acceptors (Lipinski definition) is 5. The molecule has 0 saturated carbocycles. The molecule has 3 rings (SSSR count). The maximum atomic E-state index is 11.9. The van der Waals surface area contributed by atoms with E-state index in [-0.39, 0.29) is 0 Å². The minimum Gasteiger partial charge on any atom is -0.465 e. The van der Waals surface area contributed by atoms with Gasteiger partial charge in [0.1, 0.15) is 0 Å². The van der Waals surface area contributed by atoms with Crippen molar-refractivity contribution in [1.29, 1.82) is 0 Å². The number of aromatic nitrogens is 2. The number of ether oxygens (including phenoxy) is 1. The van der Waals surface area contributed by atoms with Crippen molar-refractivity contribution in [1.82, 2.24) is 9.55 Å². The van der Waals surface area contributed by atoms with Gasteiger partial charge in [-0.1, -0.05) is 31.2 Å². The summed E-state index contributed by atoms with van der Waals surface area (Å²) in [7, 11) is 1.36. The van der Waals surface area contributed by atoms with Crippen molar-refractivity contribution < 1.29 is 9.53 Å². The van der Waals surface area contributed by atoms with E-state index in [1.165, 1.54) is 13.3 Å². The molecule has 0 saturated heterocycles. The van der Waals surface area contributed by atoms with Crippen LogP contribution in [0, 0.1) is 11.7 Å². The number of nitrogens with one attached hydrogen (secondary N) is 1. The van der Waals surface area contributed by atoms with Crippen LogP contribution in [0.25, 0.3) is 11.3 Å². The lowest BCUT2D eigenvalue weighted by molar-refractivity contribution is 0.0600. The largest absolute Gasteiger partial charge is 0.465 e. The Balaban J connectivity index is 2.06. The van der Waals surface area contributed by atoms with Crippen LogP contribution >= 0.6 is 12.2 Å². The van der Waals surface area contributed by atoms with Crippen molar-refractivity contribution in [3.8, 4) is 5.69 Å². The molecule has 0 amide bonds. The lowest BCUT2D eigenvalue weighted by atomic mass is 10.1. The number of carbonyl (C=O) groups is 1. The van der Waals surface area contributed by atoms with E-state index in [9.17, 15) is 4.79 Å². The molecule has 1 aromatic heterocycles. The molecule has 0 bridgehead atoms. The second-order valence-corrected chi connectivity index (χ2v) is 7.05. The first-order valence-corrected chi connectivity index (χ1v) is 9.95. The van der Waals surface area contributed by atoms with Crippen molar-refractivity contribution in [2.45, 2.75) is 20.3 Å². The van der Waals surface area contributed by atoms with Crippen LogP contribution in [0.5, 0.6) is 0 Å². The van der Waals surface area contributed by atoms with Gasteiger partial charge in [0.05, 0.1) is 35.5 Å². The number of aryl methyl sites for hydroxylation is 1. The van der Waals surface area contributed by atoms with Gasteiger partial charge >= 0.3 is 5.97 Å². The molecule has 154 valence electrons. The predicted molar refractivity (Wildman–Crippen MR) is 123 cm³/mol. The molecule has 3 N–H and O–H groups in total. The minimum atomic E-state index is -0.399. The Kier molecular flexibility index (Phi) is 6.64. The number of methoxy groups -OCH3 is 1. The van der Waals surface area contributed by atoms with Crippen LogP contribution in [0.15, 0.2) is 65.9 Å². The molecule has 1 heterocycles. The Morgan fingerprint density at radius 1 is 1.27 bits per heavy atom. The SMILES string of the molecule is CCC(=Nc1ccccc1)C(=CN)c1cn(-c2cc(C(=O)OC)ccc2C)c(=S)[nH]1. The first-order chi connectivity index (χ1) is 14.5. The molecule has 0 aliphatic heterocycles. The fraction of sp³-hybridized carbons (Fsp3) is 0.174. The fourth-order valence-corrected chi connectivity index (χ4v) is 3.42. The Bertz CT molecular complexity index is 1170. The van der Waals surface area contributed by atoms with Crippen molar-refractivity contribution in [2.24, 2.45) is 10.7 Å². The quantitative estimate of drug-likeness (QED) is 0.330. The average Bonchev–Trinajstić information content (AvgIpc) is 3.14. The Morgan fingerprint density at radius 2 is 2.00 bits per heavy atom. The highest BCUT2D eigenvalue weighted by atomic mass is 32.1. The summed E-state index contributed by atoms with van der Waals surface area (Å²) < 4.78 is 7.15. The van der Waals surface area contributed by atoms with Gasteiger partial charge in [-0.15, -0.1) is 0 Å². The maximum absolute atomic E-state index is 11.9. The first-order valence-electron chi connectivity index (χ1n) is 9.54. The van der Waals surface area contributed by atoms with Crippen LogP contribution in [0.2, 0.25) is 0 Å². The number of H-pyrrole nitrogens is 1. The number of carbonyl (C=O) groups excluding carboxylic acids is 1. The number of imidazole rings is 1. The summed E-state index contributed by atoms with van der Waals surface area (Å²) in [6.45, 7) is 3.99. The molecular weight excluding hydrogens is 396 g/mol. The number of esters is 1. The molecule has 30 heavy (non-hydrogen) atoms. The van der Waals surface area contributed by atoms with Gasteiger partial charge in [-0.2, -0.15) is 0 Å². The number of aromatic amines is 1. The summed E-state index contributed by atoms with van der Waals surface area (Å²) in [5.41, 5.74) is 11.4. The van der Waals surface area contributed by atoms with Gasteiger partial charge in [0.25, 0.3) is 0 Å². The summed E-state index contributed by atoms with van der Waals surface area (Å²) in [5.74, 6) is -0.399. The number of hydrogen-bond donors (Lipinski definition) is 2. The van der Waals surface area contributed by atoms with E-state index < -0.39 is 5.97 Å². The molecule has 7 heteroatoms. The topological polar surface area (TPSA) is 85.4 Å². The highest BCUT2D eigenvalue weighted by Crippen LogP contribution is 2.24. The Hall–Kier alpha value is -3.45. The molecule has 0 radical (unpaired) electrons. The van der Waals surface area contributed by atoms with Gasteiger partial charge in [-0.05, 0) is 55.4 Å². The smallest absolute Gasteiger partial charge is 0.337 e. The minimum absolute atomic E-state index is 0.399. The molecule has 0 fully saturated rings. The Morgan fingerprint density at radius 3 is 2.63 bits per heavy atom. The van der Waals surface area contributed by atoms with E-state index in [1.54, 1.807) is 12.1 Å². The summed E-state index contributed by atoms with van der Waals surface area (Å²) >= 11 is 5.55. The van der Waals surface area contributed by atoms with Crippen LogP contribution in [-0.4, -0.2) is 28.3 Å². The van der Waals surface area contributed by atoms with Gasteiger partial charge in [0.2, 0.25) is 0 Å². The van der Waals surface area contributed by atoms with Gasteiger partial charge in [0, 0.05) is 18.0 Å². The van der Waals surface area contributed by atoms with Crippen molar-refractivity contribution in [2.75, 3.05) is 7.11 Å². The third-order valence-corrected chi connectivity index (χ3v) is 5.03. The molecule has 0 aliphatic rings. The van der Waals surface area contributed by atoms with Gasteiger partial charge < -0.3 is 15.5 Å². The molecule has 6 nitrogen and oxygen atoms in total. The summed E-state index contributed by atoms with van der Waals surface area (Å²) in [4.78, 5) is 19.9. The van der Waals surface area contributed by atoms with Crippen molar-refractivity contribution in [3.05, 3.63) is 82.5 Å². The van der Waals surface area contributed by atoms with Gasteiger partial charge in [-0.25, -0.2) is 4.79 Å². The number of rotatable bonds is 6. The van der Waals surface area contributed by atoms with Crippen molar-refractivity contribution >= 4 is 35.2 Å². The standard InChI is InChI=1S/C23H24N4O2S/c1-4-19(25-17-8-6-5-7-9-17)18(13-24)20-14-27(23(30)26-20)21-12-16(22(28)29-3)11-10-15(21)2/h5-14H,4,24H2,1-3H3,(H,26,30). The first kappa shape index (κ1) is 21.3. The van der Waals surface area contributed by atoms with Gasteiger partial charge in [-0.3, -0.25) is 9.56 Å². The molecule has 0 aliphatic carbocycles. The summed E-state index contributed by atoms with van der Waals surface area (Å²) in [6.07, 6.45) is 4.11. The van der Waals surface area contributed by atoms with Crippen LogP contribution < -0.4 is 5.73 Å². The molecule has 0 spiro atoms. The van der Waals surface area contributed by atoms with Crippen LogP contribution in [0.3, 0.4) is 0 Å². The zero-order valence-corrected chi connectivity index (χ0v) is 18.0. The number of benzene rings is 2. The van der Waals surface area contributed by atoms with Crippen LogP contribution in [0.1, 0.15) is 35.0 Å². The zero-order valence-electron chi connectivity index (χ0n) is 17.2. The predicted octanol–water partition coefficient (Wildman–Crippen LogP) is 5.11. The summed E-state index contributed by atoms with van der Waals surface area (Å²) in [6, 6.07) is 15.1. The van der Waals surface area contributed by atoms with Crippen LogP contribution in [-0.2, 0) is 4.74 Å². The molecule has 0 atom stereocenters. The molecular formula is C23H24N4O2S. The lowest BCUT2D eigenvalue weighted by Crippen LogP contribution is -2.05. The van der Waals surface area contributed by atoms with E-state index in [1.807, 2.05) is 61.0 Å². The number of nitrogens with zero attached hydrogens (tertiary/aromatic N) is 2. The third kappa shape index (κ3) is 4.41. The molecule has 3 aromatic rings. The monoisotopic (exact) mass is 420 g/mol. The number of nitrogens with two attached hydrogens (primary N) is 1. The van der Waals surface area contributed by atoms with Gasteiger partial charge in [0.15, 0.2) is 4.77 Å². The fourth-order valence-electron chi connectivity index (χ4n) is 3.15. The molecule has 0 unspecified atom stereocenters.